The van der Waals surface area contributed by atoms with E-state index in [1.54, 1.807) is 0 Å². The molecule has 0 saturated carbocycles. The van der Waals surface area contributed by atoms with Crippen LogP contribution in [0.4, 0.5) is 0 Å². The maximum atomic E-state index is 11.7. The second kappa shape index (κ2) is 9.07. The average molecular weight is 307 g/mol. The molecule has 2 N–H and O–H groups in total. The molecular weight excluding hydrogens is 282 g/mol. The minimum Gasteiger partial charge on any atom is -0.494 e. The highest BCUT2D eigenvalue weighted by Crippen LogP contribution is 2.16. The molecule has 0 heterocycles. The fourth-order valence-electron chi connectivity index (χ4n) is 2.04. The monoisotopic (exact) mass is 307 g/mol. The lowest BCUT2D eigenvalue weighted by molar-refractivity contribution is -0.142. The van der Waals surface area contributed by atoms with Gasteiger partial charge in [0.2, 0.25) is 5.91 Å². The van der Waals surface area contributed by atoms with E-state index >= 15 is 0 Å². The molecule has 1 atom stereocenters. The van der Waals surface area contributed by atoms with Crippen LogP contribution in [0.3, 0.4) is 0 Å². The molecule has 0 bridgehead atoms. The van der Waals surface area contributed by atoms with Gasteiger partial charge in [-0.3, -0.25) is 4.79 Å². The molecule has 1 rings (SSSR count). The Morgan fingerprint density at radius 1 is 1.27 bits per heavy atom. The highest BCUT2D eigenvalue weighted by atomic mass is 16.5. The molecule has 0 radical (unpaired) electrons. The van der Waals surface area contributed by atoms with Gasteiger partial charge in [-0.15, -0.1) is 0 Å². The third kappa shape index (κ3) is 6.16. The second-order valence-electron chi connectivity index (χ2n) is 5.45. The third-order valence-corrected chi connectivity index (χ3v) is 3.51. The van der Waals surface area contributed by atoms with Crippen molar-refractivity contribution in [3.05, 3.63) is 29.3 Å². The van der Waals surface area contributed by atoms with Crippen molar-refractivity contribution in [3.8, 4) is 5.75 Å². The Bertz CT molecular complexity index is 513. The van der Waals surface area contributed by atoms with Crippen LogP contribution in [0.25, 0.3) is 0 Å². The van der Waals surface area contributed by atoms with E-state index in [4.69, 9.17) is 9.84 Å². The molecule has 0 aromatic heterocycles. The number of rotatable bonds is 9. The first-order chi connectivity index (χ1) is 10.4. The topological polar surface area (TPSA) is 75.6 Å². The van der Waals surface area contributed by atoms with Gasteiger partial charge in [0.15, 0.2) is 0 Å². The number of benzene rings is 1. The molecule has 22 heavy (non-hydrogen) atoms. The summed E-state index contributed by atoms with van der Waals surface area (Å²) >= 11 is 0. The fraction of sp³-hybridized carbons (Fsp3) is 0.529. The molecule has 0 fully saturated rings. The van der Waals surface area contributed by atoms with E-state index in [1.807, 2.05) is 39.0 Å². The largest absolute Gasteiger partial charge is 0.494 e. The van der Waals surface area contributed by atoms with Crippen LogP contribution in [0.2, 0.25) is 0 Å². The molecule has 0 spiro atoms. The van der Waals surface area contributed by atoms with Crippen molar-refractivity contribution in [2.24, 2.45) is 0 Å². The first kappa shape index (κ1) is 18.0. The zero-order chi connectivity index (χ0) is 16.5. The predicted octanol–water partition coefficient (Wildman–Crippen LogP) is 2.83. The van der Waals surface area contributed by atoms with Crippen molar-refractivity contribution in [1.82, 2.24) is 5.32 Å². The molecular formula is C17H25NO4. The zero-order valence-corrected chi connectivity index (χ0v) is 13.5. The molecule has 5 heteroatoms. The summed E-state index contributed by atoms with van der Waals surface area (Å²) in [7, 11) is 0. The summed E-state index contributed by atoms with van der Waals surface area (Å²) in [5.41, 5.74) is 2.38. The Balaban J connectivity index is 2.29. The van der Waals surface area contributed by atoms with Crippen LogP contribution in [0.1, 0.15) is 43.7 Å². The number of carbonyl (C=O) groups is 2. The Labute approximate surface area is 131 Å². The van der Waals surface area contributed by atoms with Crippen LogP contribution < -0.4 is 10.1 Å². The van der Waals surface area contributed by atoms with Crippen LogP contribution in [-0.2, 0) is 9.59 Å². The van der Waals surface area contributed by atoms with Gasteiger partial charge in [0, 0.05) is 6.42 Å². The minimum atomic E-state index is -0.985. The van der Waals surface area contributed by atoms with Crippen LogP contribution in [0.5, 0.6) is 5.75 Å². The Morgan fingerprint density at radius 3 is 2.59 bits per heavy atom. The lowest BCUT2D eigenvalue weighted by Crippen LogP contribution is -2.40. The van der Waals surface area contributed by atoms with Crippen LogP contribution in [-0.4, -0.2) is 29.6 Å². The van der Waals surface area contributed by atoms with E-state index in [9.17, 15) is 9.59 Å². The van der Waals surface area contributed by atoms with Crippen molar-refractivity contribution in [3.63, 3.8) is 0 Å². The molecule has 0 aliphatic heterocycles. The number of ether oxygens (including phenoxy) is 1. The van der Waals surface area contributed by atoms with Crippen LogP contribution >= 0.6 is 0 Å². The highest BCUT2D eigenvalue weighted by molar-refractivity contribution is 5.83. The summed E-state index contributed by atoms with van der Waals surface area (Å²) in [6.45, 7) is 6.38. The quantitative estimate of drug-likeness (QED) is 0.688. The summed E-state index contributed by atoms with van der Waals surface area (Å²) in [6, 6.07) is 5.08. The standard InChI is InChI=1S/C17H25NO4/c1-4-6-15(17(20)21)18-16(19)7-5-10-22-14-9-8-12(2)13(3)11-14/h8-9,11,15H,4-7,10H2,1-3H3,(H,18,19)(H,20,21). The lowest BCUT2D eigenvalue weighted by atomic mass is 10.1. The molecule has 122 valence electrons. The molecule has 1 aromatic carbocycles. The summed E-state index contributed by atoms with van der Waals surface area (Å²) in [6.07, 6.45) is 1.98. The van der Waals surface area contributed by atoms with Crippen molar-refractivity contribution >= 4 is 11.9 Å². The second-order valence-corrected chi connectivity index (χ2v) is 5.45. The van der Waals surface area contributed by atoms with E-state index < -0.39 is 12.0 Å². The first-order valence-electron chi connectivity index (χ1n) is 7.66. The van der Waals surface area contributed by atoms with Gasteiger partial charge in [-0.1, -0.05) is 19.4 Å². The number of amides is 1. The van der Waals surface area contributed by atoms with E-state index in [0.717, 1.165) is 5.75 Å². The van der Waals surface area contributed by atoms with E-state index in [0.29, 0.717) is 25.9 Å². The fourth-order valence-corrected chi connectivity index (χ4v) is 2.04. The Hall–Kier alpha value is -2.04. The average Bonchev–Trinajstić information content (AvgIpc) is 2.46. The van der Waals surface area contributed by atoms with Crippen molar-refractivity contribution < 1.29 is 19.4 Å². The highest BCUT2D eigenvalue weighted by Gasteiger charge is 2.18. The number of carboxylic acid groups (broad SMARTS) is 1. The summed E-state index contributed by atoms with van der Waals surface area (Å²) < 4.78 is 5.60. The van der Waals surface area contributed by atoms with Crippen molar-refractivity contribution in [2.75, 3.05) is 6.61 Å². The van der Waals surface area contributed by atoms with Crippen LogP contribution in [0.15, 0.2) is 18.2 Å². The lowest BCUT2D eigenvalue weighted by Gasteiger charge is -2.13. The maximum Gasteiger partial charge on any atom is 0.326 e. The van der Waals surface area contributed by atoms with Crippen molar-refractivity contribution in [1.29, 1.82) is 0 Å². The van der Waals surface area contributed by atoms with Crippen LogP contribution in [0, 0.1) is 13.8 Å². The van der Waals surface area contributed by atoms with Gasteiger partial charge in [0.1, 0.15) is 11.8 Å². The SMILES string of the molecule is CCCC(NC(=O)CCCOc1ccc(C)c(C)c1)C(=O)O. The normalized spacial score (nSPS) is 11.8. The number of nitrogens with one attached hydrogen (secondary N) is 1. The van der Waals surface area contributed by atoms with E-state index in [2.05, 4.69) is 5.32 Å². The summed E-state index contributed by atoms with van der Waals surface area (Å²) in [5, 5.41) is 11.5. The van der Waals surface area contributed by atoms with Gasteiger partial charge in [0.05, 0.1) is 6.61 Å². The molecule has 0 aliphatic carbocycles. The zero-order valence-electron chi connectivity index (χ0n) is 13.5. The summed E-state index contributed by atoms with van der Waals surface area (Å²) in [5.74, 6) is -0.441. The Kier molecular flexibility index (Phi) is 7.43. The number of carbonyl (C=O) groups excluding carboxylic acids is 1. The van der Waals surface area contributed by atoms with E-state index in [1.165, 1.54) is 11.1 Å². The van der Waals surface area contributed by atoms with E-state index in [-0.39, 0.29) is 12.3 Å². The molecule has 1 unspecified atom stereocenters. The number of aryl methyl sites for hydroxylation is 2. The van der Waals surface area contributed by atoms with Gasteiger partial charge >= 0.3 is 5.97 Å². The van der Waals surface area contributed by atoms with Crippen molar-refractivity contribution in [2.45, 2.75) is 52.5 Å². The minimum absolute atomic E-state index is 0.246. The molecule has 0 saturated heterocycles. The number of carboxylic acids is 1. The predicted molar refractivity (Wildman–Crippen MR) is 85.1 cm³/mol. The van der Waals surface area contributed by atoms with Gasteiger partial charge in [-0.05, 0) is 49.9 Å². The van der Waals surface area contributed by atoms with Gasteiger partial charge in [0.25, 0.3) is 0 Å². The van der Waals surface area contributed by atoms with Gasteiger partial charge in [-0.2, -0.15) is 0 Å². The summed E-state index contributed by atoms with van der Waals surface area (Å²) in [4.78, 5) is 22.7. The first-order valence-corrected chi connectivity index (χ1v) is 7.66. The molecule has 1 aromatic rings. The smallest absolute Gasteiger partial charge is 0.326 e. The van der Waals surface area contributed by atoms with Gasteiger partial charge < -0.3 is 15.2 Å². The third-order valence-electron chi connectivity index (χ3n) is 3.51. The number of aliphatic carboxylic acids is 1. The molecule has 1 amide bonds. The molecule has 0 aliphatic rings. The maximum absolute atomic E-state index is 11.7. The number of hydrogen-bond acceptors (Lipinski definition) is 3. The number of hydrogen-bond donors (Lipinski definition) is 2. The Morgan fingerprint density at radius 2 is 2.00 bits per heavy atom. The van der Waals surface area contributed by atoms with Gasteiger partial charge in [-0.25, -0.2) is 4.79 Å². The molecule has 5 nitrogen and oxygen atoms in total.